The van der Waals surface area contributed by atoms with Crippen LogP contribution in [0.4, 0.5) is 0 Å². The predicted octanol–water partition coefficient (Wildman–Crippen LogP) is 2.08. The molecular weight excluding hydrogens is 365 g/mol. The first-order valence-electron chi connectivity index (χ1n) is 5.65. The second-order valence-corrected chi connectivity index (χ2v) is 5.35. The van der Waals surface area contributed by atoms with E-state index < -0.39 is 17.1 Å². The molecule has 0 spiro atoms. The molecule has 0 aromatic heterocycles. The van der Waals surface area contributed by atoms with Crippen LogP contribution in [0, 0.1) is 5.92 Å². The van der Waals surface area contributed by atoms with Crippen molar-refractivity contribution in [3.63, 3.8) is 0 Å². The van der Waals surface area contributed by atoms with Gasteiger partial charge in [-0.3, -0.25) is 9.59 Å². The number of thioether (sulfide) groups is 1. The van der Waals surface area contributed by atoms with E-state index >= 15 is 0 Å². The molecule has 0 aliphatic heterocycles. The number of carbonyl (C=O) groups excluding carboxylic acids is 2. The average molecular weight is 383 g/mol. The third-order valence-electron chi connectivity index (χ3n) is 2.05. The summed E-state index contributed by atoms with van der Waals surface area (Å²) in [5, 5.41) is 8.37. The van der Waals surface area contributed by atoms with E-state index in [-0.39, 0.29) is 56.1 Å². The Morgan fingerprint density at radius 3 is 2.11 bits per heavy atom. The van der Waals surface area contributed by atoms with Crippen molar-refractivity contribution in [3.05, 3.63) is 0 Å². The molecule has 0 rings (SSSR count). The van der Waals surface area contributed by atoms with Gasteiger partial charge < -0.3 is 14.6 Å². The van der Waals surface area contributed by atoms with Gasteiger partial charge in [0.15, 0.2) is 0 Å². The minimum absolute atomic E-state index is 0. The van der Waals surface area contributed by atoms with E-state index in [2.05, 4.69) is 12.2 Å². The molecule has 2 atom stereocenters. The number of hydrogen-bond acceptors (Lipinski definition) is 6. The summed E-state index contributed by atoms with van der Waals surface area (Å²) in [7, 11) is 0. The fourth-order valence-electron chi connectivity index (χ4n) is 1.25. The molecule has 8 heteroatoms. The summed E-state index contributed by atoms with van der Waals surface area (Å²) in [6, 6.07) is 0. The molecule has 0 aromatic carbocycles. The summed E-state index contributed by atoms with van der Waals surface area (Å²) in [4.78, 5) is 23.1. The van der Waals surface area contributed by atoms with Gasteiger partial charge in [0.2, 0.25) is 4.38 Å². The maximum absolute atomic E-state index is 11.6. The summed E-state index contributed by atoms with van der Waals surface area (Å²) in [6.07, 6.45) is 0.211. The molecule has 1 radical (unpaired) electrons. The number of aliphatic hydroxyl groups excluding tert-OH is 1. The van der Waals surface area contributed by atoms with Crippen LogP contribution < -0.4 is 0 Å². The first kappa shape index (κ1) is 21.6. The molecular formula is C11H18O5S2Y. The Morgan fingerprint density at radius 1 is 1.21 bits per heavy atom. The molecule has 1 N–H and O–H groups in total. The molecule has 0 saturated carbocycles. The Bertz CT molecular complexity index is 311. The molecule has 0 amide bonds. The number of esters is 2. The molecule has 0 fully saturated rings. The molecule has 0 heterocycles. The van der Waals surface area contributed by atoms with Gasteiger partial charge in [-0.2, -0.15) is 0 Å². The number of hydrogen-bond donors (Lipinski definition) is 1. The number of thiocarbonyl (C=S) groups is 1. The van der Waals surface area contributed by atoms with E-state index in [1.165, 1.54) is 0 Å². The second kappa shape index (κ2) is 12.1. The first-order chi connectivity index (χ1) is 8.42. The Hall–Kier alpha value is 0.284. The van der Waals surface area contributed by atoms with Gasteiger partial charge in [-0.05, 0) is 32.5 Å². The summed E-state index contributed by atoms with van der Waals surface area (Å²) in [5.41, 5.74) is 0. The van der Waals surface area contributed by atoms with Gasteiger partial charge >= 0.3 is 11.9 Å². The van der Waals surface area contributed by atoms with E-state index in [9.17, 15) is 9.59 Å². The molecule has 0 saturated heterocycles. The van der Waals surface area contributed by atoms with Gasteiger partial charge in [0.25, 0.3) is 0 Å². The topological polar surface area (TPSA) is 72.8 Å². The summed E-state index contributed by atoms with van der Waals surface area (Å²) in [5.74, 6) is -1.33. The van der Waals surface area contributed by atoms with Crippen LogP contribution >= 0.6 is 24.0 Å². The van der Waals surface area contributed by atoms with E-state index in [0.717, 1.165) is 11.8 Å². The van der Waals surface area contributed by atoms with Crippen LogP contribution in [0.1, 0.15) is 27.2 Å². The zero-order valence-corrected chi connectivity index (χ0v) is 15.7. The van der Waals surface area contributed by atoms with Crippen LogP contribution in [-0.2, 0) is 51.8 Å². The number of carbonyl (C=O) groups is 2. The molecule has 0 aromatic rings. The van der Waals surface area contributed by atoms with Crippen molar-refractivity contribution < 1.29 is 56.9 Å². The zero-order chi connectivity index (χ0) is 14.1. The van der Waals surface area contributed by atoms with Crippen LogP contribution in [0.25, 0.3) is 0 Å². The minimum Gasteiger partial charge on any atom is -0.494 e. The van der Waals surface area contributed by atoms with Gasteiger partial charge in [-0.15, -0.1) is 0 Å². The van der Waals surface area contributed by atoms with Crippen molar-refractivity contribution in [2.45, 2.75) is 32.4 Å². The zero-order valence-electron chi connectivity index (χ0n) is 11.3. The average Bonchev–Trinajstić information content (AvgIpc) is 2.28. The molecule has 2 unspecified atom stereocenters. The molecule has 0 bridgehead atoms. The van der Waals surface area contributed by atoms with Crippen LogP contribution in [-0.4, -0.2) is 39.9 Å². The van der Waals surface area contributed by atoms with Crippen LogP contribution in [0.15, 0.2) is 0 Å². The van der Waals surface area contributed by atoms with Crippen molar-refractivity contribution in [1.29, 1.82) is 0 Å². The Labute approximate surface area is 148 Å². The fourth-order valence-corrected chi connectivity index (χ4v) is 2.39. The van der Waals surface area contributed by atoms with Crippen molar-refractivity contribution in [3.8, 4) is 0 Å². The van der Waals surface area contributed by atoms with Crippen LogP contribution in [0.5, 0.6) is 0 Å². The van der Waals surface area contributed by atoms with E-state index in [1.807, 2.05) is 0 Å². The second-order valence-electron chi connectivity index (χ2n) is 3.51. The van der Waals surface area contributed by atoms with Crippen molar-refractivity contribution >= 4 is 40.3 Å². The smallest absolute Gasteiger partial charge is 0.319 e. The van der Waals surface area contributed by atoms with Crippen molar-refractivity contribution in [2.24, 2.45) is 5.92 Å². The molecule has 5 nitrogen and oxygen atoms in total. The number of ether oxygens (including phenoxy) is 2. The van der Waals surface area contributed by atoms with E-state index in [1.54, 1.807) is 20.8 Å². The normalized spacial score (nSPS) is 12.8. The quantitative estimate of drug-likeness (QED) is 0.533. The van der Waals surface area contributed by atoms with E-state index in [0.29, 0.717) is 6.61 Å². The standard InChI is InChI=1S/C11H18O5S2.Y/c1-4-15-9(12)7(3)6-8(18-11(14)17)10(13)16-5-2;/h7-8H,4-6H2,1-3H3,(H,14,17);. The van der Waals surface area contributed by atoms with Gasteiger partial charge in [-0.25, -0.2) is 0 Å². The molecule has 0 aliphatic rings. The van der Waals surface area contributed by atoms with Gasteiger partial charge in [-0.1, -0.05) is 18.7 Å². The largest absolute Gasteiger partial charge is 0.494 e. The maximum Gasteiger partial charge on any atom is 0.319 e. The molecule has 19 heavy (non-hydrogen) atoms. The van der Waals surface area contributed by atoms with Gasteiger partial charge in [0.05, 0.1) is 19.1 Å². The number of rotatable bonds is 7. The van der Waals surface area contributed by atoms with Crippen molar-refractivity contribution in [2.75, 3.05) is 13.2 Å². The van der Waals surface area contributed by atoms with Crippen LogP contribution in [0.3, 0.4) is 0 Å². The van der Waals surface area contributed by atoms with Gasteiger partial charge in [0.1, 0.15) is 5.25 Å². The first-order valence-corrected chi connectivity index (χ1v) is 6.93. The van der Waals surface area contributed by atoms with Gasteiger partial charge in [0, 0.05) is 32.7 Å². The summed E-state index contributed by atoms with van der Waals surface area (Å²) < 4.78 is 9.37. The Morgan fingerprint density at radius 2 is 1.68 bits per heavy atom. The predicted molar refractivity (Wildman–Crippen MR) is 73.7 cm³/mol. The fraction of sp³-hybridized carbons (Fsp3) is 0.727. The Kier molecular flexibility index (Phi) is 13.7. The van der Waals surface area contributed by atoms with E-state index in [4.69, 9.17) is 14.6 Å². The summed E-state index contributed by atoms with van der Waals surface area (Å²) >= 11 is 5.36. The maximum atomic E-state index is 11.6. The molecule has 0 aliphatic carbocycles. The summed E-state index contributed by atoms with van der Waals surface area (Å²) in [6.45, 7) is 5.59. The third-order valence-corrected chi connectivity index (χ3v) is 3.21. The number of aliphatic hydroxyl groups is 1. The SMILES string of the molecule is CCOC(=O)C(C)CC(SC(O)=S)C(=O)OCC.[Y]. The Balaban J connectivity index is 0. The van der Waals surface area contributed by atoms with Crippen LogP contribution in [0.2, 0.25) is 0 Å². The monoisotopic (exact) mass is 383 g/mol. The molecule has 107 valence electrons. The van der Waals surface area contributed by atoms with Crippen molar-refractivity contribution in [1.82, 2.24) is 0 Å². The third kappa shape index (κ3) is 9.76. The minimum atomic E-state index is -0.693.